The van der Waals surface area contributed by atoms with E-state index in [0.717, 1.165) is 6.04 Å². The predicted molar refractivity (Wildman–Crippen MR) is 70.6 cm³/mol. The number of hydrogen-bond acceptors (Lipinski definition) is 1. The van der Waals surface area contributed by atoms with Gasteiger partial charge in [-0.1, -0.05) is 25.5 Å². The summed E-state index contributed by atoms with van der Waals surface area (Å²) >= 11 is 0. The largest absolute Gasteiger partial charge is 0.314 e. The van der Waals surface area contributed by atoms with Crippen molar-refractivity contribution in [2.45, 2.75) is 71.3 Å². The van der Waals surface area contributed by atoms with Crippen molar-refractivity contribution < 1.29 is 0 Å². The Balaban J connectivity index is 1.60. The van der Waals surface area contributed by atoms with Crippen molar-refractivity contribution >= 4 is 0 Å². The van der Waals surface area contributed by atoms with Crippen LogP contribution >= 0.6 is 0 Å². The van der Waals surface area contributed by atoms with E-state index in [1.54, 1.807) is 5.57 Å². The lowest BCUT2D eigenvalue weighted by Crippen LogP contribution is -2.36. The number of allylic oxidation sites excluding steroid dienone is 1. The zero-order valence-electron chi connectivity index (χ0n) is 11.0. The minimum Gasteiger partial charge on any atom is -0.314 e. The van der Waals surface area contributed by atoms with Crippen LogP contribution in [-0.2, 0) is 0 Å². The van der Waals surface area contributed by atoms with Gasteiger partial charge in [0.25, 0.3) is 0 Å². The van der Waals surface area contributed by atoms with Crippen molar-refractivity contribution in [1.82, 2.24) is 5.32 Å². The fourth-order valence-corrected chi connectivity index (χ4v) is 3.00. The molecule has 0 bridgehead atoms. The standard InChI is InChI=1S/C15H27N/c1-15(2)10-7-14(8-11-15)16-12-9-13-5-3-4-6-13/h5,14,16H,3-4,6-12H2,1-2H3. The first-order valence-corrected chi connectivity index (χ1v) is 7.07. The summed E-state index contributed by atoms with van der Waals surface area (Å²) in [5, 5.41) is 3.75. The molecule has 92 valence electrons. The third-order valence-corrected chi connectivity index (χ3v) is 4.35. The molecular weight excluding hydrogens is 194 g/mol. The second kappa shape index (κ2) is 5.35. The van der Waals surface area contributed by atoms with Crippen LogP contribution < -0.4 is 5.32 Å². The van der Waals surface area contributed by atoms with Crippen LogP contribution in [0, 0.1) is 5.41 Å². The summed E-state index contributed by atoms with van der Waals surface area (Å²) in [6.45, 7) is 6.02. The summed E-state index contributed by atoms with van der Waals surface area (Å²) in [6, 6.07) is 0.801. The zero-order chi connectivity index (χ0) is 11.4. The molecule has 0 radical (unpaired) electrons. The predicted octanol–water partition coefficient (Wildman–Crippen LogP) is 4.05. The van der Waals surface area contributed by atoms with E-state index in [0.29, 0.717) is 5.41 Å². The molecule has 2 aliphatic carbocycles. The van der Waals surface area contributed by atoms with Crippen LogP contribution in [0.2, 0.25) is 0 Å². The van der Waals surface area contributed by atoms with Gasteiger partial charge in [0.15, 0.2) is 0 Å². The maximum absolute atomic E-state index is 3.75. The molecule has 0 aromatic heterocycles. The van der Waals surface area contributed by atoms with Gasteiger partial charge in [-0.3, -0.25) is 0 Å². The Bertz CT molecular complexity index is 242. The maximum atomic E-state index is 3.75. The Labute approximate surface area is 101 Å². The van der Waals surface area contributed by atoms with E-state index in [2.05, 4.69) is 25.2 Å². The van der Waals surface area contributed by atoms with Crippen LogP contribution in [0.4, 0.5) is 0 Å². The molecule has 0 aromatic rings. The first-order chi connectivity index (χ1) is 7.66. The fraction of sp³-hybridized carbons (Fsp3) is 0.867. The van der Waals surface area contributed by atoms with E-state index in [-0.39, 0.29) is 0 Å². The molecule has 0 spiro atoms. The van der Waals surface area contributed by atoms with E-state index >= 15 is 0 Å². The smallest absolute Gasteiger partial charge is 0.00675 e. The van der Waals surface area contributed by atoms with E-state index in [9.17, 15) is 0 Å². The minimum atomic E-state index is 0.603. The molecule has 2 aliphatic rings. The number of rotatable bonds is 4. The summed E-state index contributed by atoms with van der Waals surface area (Å²) < 4.78 is 0. The van der Waals surface area contributed by atoms with Gasteiger partial charge in [0.05, 0.1) is 0 Å². The molecule has 0 unspecified atom stereocenters. The second-order valence-electron chi connectivity index (χ2n) is 6.40. The van der Waals surface area contributed by atoms with Crippen molar-refractivity contribution in [2.24, 2.45) is 5.41 Å². The molecule has 0 aliphatic heterocycles. The summed E-state index contributed by atoms with van der Waals surface area (Å²) in [4.78, 5) is 0. The highest BCUT2D eigenvalue weighted by Gasteiger charge is 2.26. The topological polar surface area (TPSA) is 12.0 Å². The Morgan fingerprint density at radius 2 is 2.06 bits per heavy atom. The van der Waals surface area contributed by atoms with Crippen molar-refractivity contribution in [3.63, 3.8) is 0 Å². The molecule has 1 nitrogen and oxygen atoms in total. The van der Waals surface area contributed by atoms with Crippen molar-refractivity contribution in [1.29, 1.82) is 0 Å². The highest BCUT2D eigenvalue weighted by molar-refractivity contribution is 5.07. The molecule has 0 aromatic carbocycles. The van der Waals surface area contributed by atoms with Gasteiger partial charge in [0, 0.05) is 6.04 Å². The normalized spacial score (nSPS) is 25.8. The highest BCUT2D eigenvalue weighted by atomic mass is 14.9. The monoisotopic (exact) mass is 221 g/mol. The highest BCUT2D eigenvalue weighted by Crippen LogP contribution is 2.35. The first-order valence-electron chi connectivity index (χ1n) is 7.07. The average Bonchev–Trinajstić information content (AvgIpc) is 2.73. The van der Waals surface area contributed by atoms with Crippen molar-refractivity contribution in [3.8, 4) is 0 Å². The Kier molecular flexibility index (Phi) is 4.07. The van der Waals surface area contributed by atoms with E-state index in [4.69, 9.17) is 0 Å². The van der Waals surface area contributed by atoms with Crippen LogP contribution in [0.1, 0.15) is 65.2 Å². The van der Waals surface area contributed by atoms with Gasteiger partial charge in [0.1, 0.15) is 0 Å². The van der Waals surface area contributed by atoms with Gasteiger partial charge in [-0.15, -0.1) is 0 Å². The molecule has 1 saturated carbocycles. The van der Waals surface area contributed by atoms with Crippen LogP contribution in [0.25, 0.3) is 0 Å². The Hall–Kier alpha value is -0.300. The average molecular weight is 221 g/mol. The van der Waals surface area contributed by atoms with E-state index in [1.807, 2.05) is 0 Å². The second-order valence-corrected chi connectivity index (χ2v) is 6.40. The van der Waals surface area contributed by atoms with Crippen LogP contribution in [0.15, 0.2) is 11.6 Å². The van der Waals surface area contributed by atoms with Crippen LogP contribution in [-0.4, -0.2) is 12.6 Å². The summed E-state index contributed by atoms with van der Waals surface area (Å²) in [7, 11) is 0. The number of hydrogen-bond donors (Lipinski definition) is 1. The van der Waals surface area contributed by atoms with E-state index in [1.165, 1.54) is 57.9 Å². The lowest BCUT2D eigenvalue weighted by Gasteiger charge is -2.34. The first kappa shape index (κ1) is 12.2. The van der Waals surface area contributed by atoms with Crippen LogP contribution in [0.3, 0.4) is 0 Å². The zero-order valence-corrected chi connectivity index (χ0v) is 11.0. The van der Waals surface area contributed by atoms with Gasteiger partial charge in [0.2, 0.25) is 0 Å². The Morgan fingerprint density at radius 1 is 1.31 bits per heavy atom. The summed E-state index contributed by atoms with van der Waals surface area (Å²) in [5.74, 6) is 0. The lowest BCUT2D eigenvalue weighted by atomic mass is 9.75. The molecule has 1 fully saturated rings. The van der Waals surface area contributed by atoms with E-state index < -0.39 is 0 Å². The third kappa shape index (κ3) is 3.62. The van der Waals surface area contributed by atoms with Gasteiger partial charge in [-0.25, -0.2) is 0 Å². The van der Waals surface area contributed by atoms with Gasteiger partial charge in [-0.05, 0) is 63.3 Å². The SMILES string of the molecule is CC1(C)CCC(NCCC2=CCCC2)CC1. The minimum absolute atomic E-state index is 0.603. The molecule has 0 heterocycles. The van der Waals surface area contributed by atoms with Gasteiger partial charge >= 0.3 is 0 Å². The summed E-state index contributed by atoms with van der Waals surface area (Å²) in [6.07, 6.45) is 13.4. The maximum Gasteiger partial charge on any atom is 0.00675 e. The molecule has 0 amide bonds. The van der Waals surface area contributed by atoms with Crippen molar-refractivity contribution in [2.75, 3.05) is 6.54 Å². The van der Waals surface area contributed by atoms with Crippen LogP contribution in [0.5, 0.6) is 0 Å². The van der Waals surface area contributed by atoms with Gasteiger partial charge in [-0.2, -0.15) is 0 Å². The fourth-order valence-electron chi connectivity index (χ4n) is 3.00. The van der Waals surface area contributed by atoms with Crippen molar-refractivity contribution in [3.05, 3.63) is 11.6 Å². The molecule has 0 atom stereocenters. The van der Waals surface area contributed by atoms with Gasteiger partial charge < -0.3 is 5.32 Å². The molecular formula is C15H27N. The molecule has 16 heavy (non-hydrogen) atoms. The molecule has 1 N–H and O–H groups in total. The lowest BCUT2D eigenvalue weighted by molar-refractivity contribution is 0.207. The molecule has 0 saturated heterocycles. The number of nitrogens with one attached hydrogen (secondary N) is 1. The Morgan fingerprint density at radius 3 is 2.69 bits per heavy atom. The third-order valence-electron chi connectivity index (χ3n) is 4.35. The molecule has 2 rings (SSSR count). The quantitative estimate of drug-likeness (QED) is 0.706. The molecule has 1 heteroatoms. The summed E-state index contributed by atoms with van der Waals surface area (Å²) in [5.41, 5.74) is 2.30.